The van der Waals surface area contributed by atoms with Crippen LogP contribution >= 0.6 is 0 Å². The maximum atomic E-state index is 2.47. The summed E-state index contributed by atoms with van der Waals surface area (Å²) < 4.78 is 2.47. The van der Waals surface area contributed by atoms with Crippen LogP contribution in [0.3, 0.4) is 0 Å². The summed E-state index contributed by atoms with van der Waals surface area (Å²) in [7, 11) is 4.28. The number of rotatable bonds is 4. The molecule has 0 bridgehead atoms. The minimum Gasteiger partial charge on any atom is -0.340 e. The van der Waals surface area contributed by atoms with E-state index in [1.165, 1.54) is 44.1 Å². The second-order valence-electron chi connectivity index (χ2n) is 7.30. The van der Waals surface area contributed by atoms with Crippen LogP contribution in [0, 0.1) is 6.92 Å². The molecule has 0 aliphatic carbocycles. The van der Waals surface area contributed by atoms with Gasteiger partial charge in [0.25, 0.3) is 0 Å². The van der Waals surface area contributed by atoms with Crippen molar-refractivity contribution >= 4 is 21.8 Å². The summed E-state index contributed by atoms with van der Waals surface area (Å²) in [6.45, 7) is 6.44. The van der Waals surface area contributed by atoms with Crippen LogP contribution in [-0.2, 0) is 13.1 Å². The molecule has 0 unspecified atom stereocenters. The number of hydrogen-bond acceptors (Lipinski definition) is 1. The average molecular weight is 342 g/mol. The fraction of sp³-hybridized carbons (Fsp3) is 0.250. The van der Waals surface area contributed by atoms with E-state index in [-0.39, 0.29) is 0 Å². The van der Waals surface area contributed by atoms with Gasteiger partial charge < -0.3 is 9.47 Å². The molecule has 4 rings (SSSR count). The van der Waals surface area contributed by atoms with Crippen molar-refractivity contribution in [2.24, 2.45) is 0 Å². The lowest BCUT2D eigenvalue weighted by molar-refractivity contribution is 0.402. The first-order chi connectivity index (χ1) is 12.6. The van der Waals surface area contributed by atoms with Gasteiger partial charge in [-0.15, -0.1) is 0 Å². The predicted octanol–water partition coefficient (Wildman–Crippen LogP) is 5.85. The molecular weight excluding hydrogens is 316 g/mol. The Kier molecular flexibility index (Phi) is 4.29. The smallest absolute Gasteiger partial charge is 0.0573 e. The van der Waals surface area contributed by atoms with E-state index in [4.69, 9.17) is 0 Å². The molecule has 0 fully saturated rings. The van der Waals surface area contributed by atoms with Crippen LogP contribution in [0.1, 0.15) is 18.1 Å². The first kappa shape index (κ1) is 16.9. The molecule has 0 saturated heterocycles. The number of benzene rings is 3. The molecule has 0 spiro atoms. The van der Waals surface area contributed by atoms with Gasteiger partial charge in [0.1, 0.15) is 0 Å². The SMILES string of the molecule is CCn1c2ccccc2c2c(C)c(CN(C)C)cc(-c3ccccc3)c21. The topological polar surface area (TPSA) is 8.17 Å². The molecule has 4 aromatic rings. The predicted molar refractivity (Wildman–Crippen MR) is 113 cm³/mol. The zero-order valence-corrected chi connectivity index (χ0v) is 16.1. The van der Waals surface area contributed by atoms with E-state index in [2.05, 4.69) is 98.1 Å². The molecule has 2 nitrogen and oxygen atoms in total. The van der Waals surface area contributed by atoms with Crippen molar-refractivity contribution < 1.29 is 0 Å². The van der Waals surface area contributed by atoms with Crippen molar-refractivity contribution in [3.05, 3.63) is 71.8 Å². The van der Waals surface area contributed by atoms with E-state index in [1.807, 2.05) is 0 Å². The van der Waals surface area contributed by atoms with Crippen LogP contribution in [0.4, 0.5) is 0 Å². The van der Waals surface area contributed by atoms with E-state index in [9.17, 15) is 0 Å². The number of fused-ring (bicyclic) bond motifs is 3. The lowest BCUT2D eigenvalue weighted by Crippen LogP contribution is -2.12. The van der Waals surface area contributed by atoms with Gasteiger partial charge in [-0.1, -0.05) is 48.5 Å². The Labute approximate surface area is 155 Å². The van der Waals surface area contributed by atoms with Gasteiger partial charge in [0.05, 0.1) is 5.52 Å². The van der Waals surface area contributed by atoms with E-state index >= 15 is 0 Å². The van der Waals surface area contributed by atoms with Gasteiger partial charge in [-0.3, -0.25) is 0 Å². The standard InChI is InChI=1S/C24H26N2/c1-5-26-22-14-10-9-13-20(22)23-17(2)19(16-25(3)4)15-21(24(23)26)18-11-7-6-8-12-18/h6-15H,5,16H2,1-4H3. The molecule has 0 amide bonds. The highest BCUT2D eigenvalue weighted by Crippen LogP contribution is 2.39. The van der Waals surface area contributed by atoms with Crippen LogP contribution in [0.5, 0.6) is 0 Å². The van der Waals surface area contributed by atoms with Crippen LogP contribution in [0.15, 0.2) is 60.7 Å². The van der Waals surface area contributed by atoms with Gasteiger partial charge in [-0.2, -0.15) is 0 Å². The fourth-order valence-electron chi connectivity index (χ4n) is 4.15. The summed E-state index contributed by atoms with van der Waals surface area (Å²) in [4.78, 5) is 2.25. The number of para-hydroxylation sites is 1. The van der Waals surface area contributed by atoms with Crippen molar-refractivity contribution in [3.8, 4) is 11.1 Å². The van der Waals surface area contributed by atoms with Gasteiger partial charge in [-0.05, 0) is 56.8 Å². The minimum atomic E-state index is 0.952. The first-order valence-corrected chi connectivity index (χ1v) is 9.35. The normalized spacial score (nSPS) is 11.7. The van der Waals surface area contributed by atoms with Crippen LogP contribution in [-0.4, -0.2) is 23.6 Å². The first-order valence-electron chi connectivity index (χ1n) is 9.35. The molecule has 0 radical (unpaired) electrons. The molecule has 0 atom stereocenters. The van der Waals surface area contributed by atoms with Gasteiger partial charge in [0.2, 0.25) is 0 Å². The lowest BCUT2D eigenvalue weighted by Gasteiger charge is -2.17. The van der Waals surface area contributed by atoms with Gasteiger partial charge in [0.15, 0.2) is 0 Å². The van der Waals surface area contributed by atoms with Gasteiger partial charge in [-0.25, -0.2) is 0 Å². The van der Waals surface area contributed by atoms with Crippen molar-refractivity contribution in [2.75, 3.05) is 14.1 Å². The molecule has 0 aliphatic rings. The maximum Gasteiger partial charge on any atom is 0.0573 e. The fourth-order valence-corrected chi connectivity index (χ4v) is 4.15. The Morgan fingerprint density at radius 3 is 2.31 bits per heavy atom. The molecule has 0 aliphatic heterocycles. The van der Waals surface area contributed by atoms with Crippen molar-refractivity contribution in [1.29, 1.82) is 0 Å². The van der Waals surface area contributed by atoms with E-state index in [0.29, 0.717) is 0 Å². The number of aryl methyl sites for hydroxylation is 2. The highest BCUT2D eigenvalue weighted by atomic mass is 15.0. The quantitative estimate of drug-likeness (QED) is 0.451. The molecular formula is C24H26N2. The molecule has 132 valence electrons. The third-order valence-electron chi connectivity index (χ3n) is 5.29. The average Bonchev–Trinajstić information content (AvgIpc) is 2.99. The van der Waals surface area contributed by atoms with Gasteiger partial charge >= 0.3 is 0 Å². The molecule has 0 N–H and O–H groups in total. The Hall–Kier alpha value is -2.58. The third kappa shape index (κ3) is 2.62. The summed E-state index contributed by atoms with van der Waals surface area (Å²) in [5, 5.41) is 2.76. The molecule has 0 saturated carbocycles. The van der Waals surface area contributed by atoms with Crippen molar-refractivity contribution in [1.82, 2.24) is 9.47 Å². The van der Waals surface area contributed by atoms with Gasteiger partial charge in [0, 0.05) is 34.9 Å². The second kappa shape index (κ2) is 6.62. The third-order valence-corrected chi connectivity index (χ3v) is 5.29. The Bertz CT molecular complexity index is 1070. The van der Waals surface area contributed by atoms with Crippen LogP contribution < -0.4 is 0 Å². The summed E-state index contributed by atoms with van der Waals surface area (Å²) >= 11 is 0. The zero-order valence-electron chi connectivity index (χ0n) is 16.1. The molecule has 2 heteroatoms. The Morgan fingerprint density at radius 2 is 1.62 bits per heavy atom. The summed E-state index contributed by atoms with van der Waals surface area (Å²) in [6, 6.07) is 22.0. The summed E-state index contributed by atoms with van der Waals surface area (Å²) in [5.74, 6) is 0. The Balaban J connectivity index is 2.19. The van der Waals surface area contributed by atoms with Crippen molar-refractivity contribution in [3.63, 3.8) is 0 Å². The van der Waals surface area contributed by atoms with E-state index in [1.54, 1.807) is 0 Å². The molecule has 1 aromatic heterocycles. The lowest BCUT2D eigenvalue weighted by atomic mass is 9.94. The number of nitrogens with zero attached hydrogens (tertiary/aromatic N) is 2. The van der Waals surface area contributed by atoms with E-state index < -0.39 is 0 Å². The minimum absolute atomic E-state index is 0.952. The number of hydrogen-bond donors (Lipinski definition) is 0. The number of aromatic nitrogens is 1. The second-order valence-corrected chi connectivity index (χ2v) is 7.30. The zero-order chi connectivity index (χ0) is 18.3. The summed E-state index contributed by atoms with van der Waals surface area (Å²) in [5.41, 5.74) is 8.11. The van der Waals surface area contributed by atoms with E-state index in [0.717, 1.165) is 13.1 Å². The maximum absolute atomic E-state index is 2.47. The highest BCUT2D eigenvalue weighted by Gasteiger charge is 2.18. The highest BCUT2D eigenvalue weighted by molar-refractivity contribution is 6.14. The van der Waals surface area contributed by atoms with Crippen LogP contribution in [0.25, 0.3) is 32.9 Å². The molecule has 26 heavy (non-hydrogen) atoms. The molecule has 1 heterocycles. The molecule has 3 aromatic carbocycles. The Morgan fingerprint density at radius 1 is 0.923 bits per heavy atom. The van der Waals surface area contributed by atoms with Crippen LogP contribution in [0.2, 0.25) is 0 Å². The monoisotopic (exact) mass is 342 g/mol. The summed E-state index contributed by atoms with van der Waals surface area (Å²) in [6.07, 6.45) is 0. The van der Waals surface area contributed by atoms with Crippen molar-refractivity contribution in [2.45, 2.75) is 26.9 Å². The largest absolute Gasteiger partial charge is 0.340 e.